The van der Waals surface area contributed by atoms with Crippen LogP contribution >= 0.6 is 0 Å². The number of carbonyl (C=O) groups excluding carboxylic acids is 1. The molecule has 0 bridgehead atoms. The molecular weight excluding hydrogens is 326 g/mol. The molecule has 0 fully saturated rings. The Labute approximate surface area is 158 Å². The highest BCUT2D eigenvalue weighted by atomic mass is 16.1. The second kappa shape index (κ2) is 12.3. The fourth-order valence-electron chi connectivity index (χ4n) is 2.44. The second-order valence-corrected chi connectivity index (χ2v) is 6.91. The van der Waals surface area contributed by atoms with E-state index in [0.29, 0.717) is 19.1 Å². The lowest BCUT2D eigenvalue weighted by molar-refractivity contribution is -0.123. The van der Waals surface area contributed by atoms with Crippen molar-refractivity contribution in [1.29, 1.82) is 0 Å². The summed E-state index contributed by atoms with van der Waals surface area (Å²) < 4.78 is 0. The number of guanidine groups is 1. The predicted octanol–water partition coefficient (Wildman–Crippen LogP) is 1.83. The first kappa shape index (κ1) is 22.0. The van der Waals surface area contributed by atoms with Gasteiger partial charge in [-0.15, -0.1) is 0 Å². The quantitative estimate of drug-likeness (QED) is 0.338. The van der Waals surface area contributed by atoms with Crippen LogP contribution in [0.25, 0.3) is 0 Å². The van der Waals surface area contributed by atoms with E-state index in [9.17, 15) is 4.79 Å². The summed E-state index contributed by atoms with van der Waals surface area (Å²) in [6.07, 6.45) is 1.02. The van der Waals surface area contributed by atoms with Gasteiger partial charge in [-0.05, 0) is 26.0 Å². The van der Waals surface area contributed by atoms with Gasteiger partial charge in [0.1, 0.15) is 0 Å². The van der Waals surface area contributed by atoms with Crippen LogP contribution in [0, 0.1) is 5.92 Å². The molecule has 1 atom stereocenters. The summed E-state index contributed by atoms with van der Waals surface area (Å²) in [6.45, 7) is 9.05. The Hall–Kier alpha value is -2.08. The highest BCUT2D eigenvalue weighted by Crippen LogP contribution is 2.07. The van der Waals surface area contributed by atoms with Gasteiger partial charge in [-0.1, -0.05) is 44.2 Å². The maximum Gasteiger partial charge on any atom is 0.222 e. The molecule has 6 heteroatoms. The van der Waals surface area contributed by atoms with Crippen molar-refractivity contribution in [3.63, 3.8) is 0 Å². The molecule has 26 heavy (non-hydrogen) atoms. The number of benzene rings is 1. The third-order valence-corrected chi connectivity index (χ3v) is 4.35. The number of carbonyl (C=O) groups is 1. The fourth-order valence-corrected chi connectivity index (χ4v) is 2.44. The van der Waals surface area contributed by atoms with Crippen molar-refractivity contribution in [2.75, 3.05) is 33.7 Å². The Morgan fingerprint density at radius 2 is 1.65 bits per heavy atom. The molecule has 0 aliphatic carbocycles. The monoisotopic (exact) mass is 361 g/mol. The molecule has 1 rings (SSSR count). The summed E-state index contributed by atoms with van der Waals surface area (Å²) in [5, 5.41) is 9.43. The van der Waals surface area contributed by atoms with Crippen molar-refractivity contribution >= 4 is 11.9 Å². The molecule has 1 unspecified atom stereocenters. The van der Waals surface area contributed by atoms with Gasteiger partial charge in [0.25, 0.3) is 0 Å². The standard InChI is InChI=1S/C20H35N5O/c1-16(2)19(26)22-13-14-24-20(21-4)23-12-11-17(3)25(5)15-18-9-7-6-8-10-18/h6-10,16-17H,11-15H2,1-5H3,(H,22,26)(H2,21,23,24). The largest absolute Gasteiger partial charge is 0.356 e. The van der Waals surface area contributed by atoms with E-state index in [2.05, 4.69) is 64.1 Å². The molecule has 1 aromatic carbocycles. The minimum atomic E-state index is 0.0156. The number of hydrogen-bond acceptors (Lipinski definition) is 3. The number of rotatable bonds is 10. The van der Waals surface area contributed by atoms with E-state index in [4.69, 9.17) is 0 Å². The van der Waals surface area contributed by atoms with Crippen LogP contribution in [0.3, 0.4) is 0 Å². The number of nitrogens with one attached hydrogen (secondary N) is 3. The van der Waals surface area contributed by atoms with Gasteiger partial charge in [-0.25, -0.2) is 0 Å². The maximum absolute atomic E-state index is 11.5. The molecule has 0 spiro atoms. The zero-order valence-electron chi connectivity index (χ0n) is 16.9. The van der Waals surface area contributed by atoms with Crippen molar-refractivity contribution in [2.24, 2.45) is 10.9 Å². The number of hydrogen-bond donors (Lipinski definition) is 3. The highest BCUT2D eigenvalue weighted by Gasteiger charge is 2.10. The molecule has 0 aliphatic heterocycles. The fraction of sp³-hybridized carbons (Fsp3) is 0.600. The zero-order chi connectivity index (χ0) is 19.4. The molecule has 1 aromatic rings. The molecule has 0 radical (unpaired) electrons. The van der Waals surface area contributed by atoms with Crippen molar-refractivity contribution in [3.8, 4) is 0 Å². The molecule has 0 saturated heterocycles. The van der Waals surface area contributed by atoms with E-state index in [1.807, 2.05) is 19.9 Å². The van der Waals surface area contributed by atoms with Gasteiger partial charge in [0, 0.05) is 45.2 Å². The molecular formula is C20H35N5O. The smallest absolute Gasteiger partial charge is 0.222 e. The van der Waals surface area contributed by atoms with Crippen LogP contribution in [0.5, 0.6) is 0 Å². The van der Waals surface area contributed by atoms with E-state index in [0.717, 1.165) is 25.5 Å². The van der Waals surface area contributed by atoms with Gasteiger partial charge in [0.2, 0.25) is 5.91 Å². The summed E-state index contributed by atoms with van der Waals surface area (Å²) in [5.41, 5.74) is 1.33. The van der Waals surface area contributed by atoms with E-state index < -0.39 is 0 Å². The second-order valence-electron chi connectivity index (χ2n) is 6.91. The Kier molecular flexibility index (Phi) is 10.4. The maximum atomic E-state index is 11.5. The highest BCUT2D eigenvalue weighted by molar-refractivity contribution is 5.80. The van der Waals surface area contributed by atoms with Crippen molar-refractivity contribution in [2.45, 2.75) is 39.8 Å². The third kappa shape index (κ3) is 8.85. The zero-order valence-corrected chi connectivity index (χ0v) is 16.9. The van der Waals surface area contributed by atoms with Crippen LogP contribution in [-0.4, -0.2) is 56.5 Å². The van der Waals surface area contributed by atoms with Crippen LogP contribution < -0.4 is 16.0 Å². The molecule has 0 heterocycles. The van der Waals surface area contributed by atoms with Crippen LogP contribution in [0.15, 0.2) is 35.3 Å². The third-order valence-electron chi connectivity index (χ3n) is 4.35. The van der Waals surface area contributed by atoms with E-state index >= 15 is 0 Å². The molecule has 0 aromatic heterocycles. The summed E-state index contributed by atoms with van der Waals surface area (Å²) in [5.74, 6) is 0.855. The molecule has 1 amide bonds. The lowest BCUT2D eigenvalue weighted by atomic mass is 10.1. The Balaban J connectivity index is 2.21. The van der Waals surface area contributed by atoms with Crippen LogP contribution in [0.1, 0.15) is 32.8 Å². The van der Waals surface area contributed by atoms with Crippen molar-refractivity contribution in [1.82, 2.24) is 20.9 Å². The summed E-state index contributed by atoms with van der Waals surface area (Å²) in [6, 6.07) is 11.0. The first-order chi connectivity index (χ1) is 12.4. The summed E-state index contributed by atoms with van der Waals surface area (Å²) >= 11 is 0. The van der Waals surface area contributed by atoms with Crippen LogP contribution in [0.2, 0.25) is 0 Å². The van der Waals surface area contributed by atoms with Gasteiger partial charge in [-0.2, -0.15) is 0 Å². The van der Waals surface area contributed by atoms with Crippen molar-refractivity contribution in [3.05, 3.63) is 35.9 Å². The lowest BCUT2D eigenvalue weighted by Gasteiger charge is -2.25. The Morgan fingerprint density at radius 3 is 2.27 bits per heavy atom. The van der Waals surface area contributed by atoms with Crippen LogP contribution in [0.4, 0.5) is 0 Å². The first-order valence-electron chi connectivity index (χ1n) is 9.40. The molecule has 6 nitrogen and oxygen atoms in total. The molecule has 146 valence electrons. The molecule has 3 N–H and O–H groups in total. The van der Waals surface area contributed by atoms with Gasteiger partial charge < -0.3 is 16.0 Å². The predicted molar refractivity (Wildman–Crippen MR) is 109 cm³/mol. The number of aliphatic imine (C=N–C) groups is 1. The average Bonchev–Trinajstić information content (AvgIpc) is 2.63. The SMILES string of the molecule is CN=C(NCCNC(=O)C(C)C)NCCC(C)N(C)Cc1ccccc1. The topological polar surface area (TPSA) is 68.8 Å². The van der Waals surface area contributed by atoms with Gasteiger partial charge in [-0.3, -0.25) is 14.7 Å². The number of nitrogens with zero attached hydrogens (tertiary/aromatic N) is 2. The molecule has 0 saturated carbocycles. The average molecular weight is 362 g/mol. The lowest BCUT2D eigenvalue weighted by Crippen LogP contribution is -2.43. The number of amides is 1. The Morgan fingerprint density at radius 1 is 1.04 bits per heavy atom. The normalized spacial score (nSPS) is 13.0. The minimum Gasteiger partial charge on any atom is -0.356 e. The molecule has 0 aliphatic rings. The van der Waals surface area contributed by atoms with Gasteiger partial charge in [0.15, 0.2) is 5.96 Å². The van der Waals surface area contributed by atoms with Crippen LogP contribution in [-0.2, 0) is 11.3 Å². The first-order valence-corrected chi connectivity index (χ1v) is 9.40. The summed E-state index contributed by atoms with van der Waals surface area (Å²) in [7, 11) is 3.91. The Bertz CT molecular complexity index is 544. The van der Waals surface area contributed by atoms with Gasteiger partial charge >= 0.3 is 0 Å². The van der Waals surface area contributed by atoms with Gasteiger partial charge in [0.05, 0.1) is 0 Å². The van der Waals surface area contributed by atoms with E-state index in [1.54, 1.807) is 7.05 Å². The van der Waals surface area contributed by atoms with E-state index in [-0.39, 0.29) is 11.8 Å². The summed E-state index contributed by atoms with van der Waals surface area (Å²) in [4.78, 5) is 18.1. The van der Waals surface area contributed by atoms with E-state index in [1.165, 1.54) is 5.56 Å². The van der Waals surface area contributed by atoms with Crippen molar-refractivity contribution < 1.29 is 4.79 Å². The minimum absolute atomic E-state index is 0.0156.